The fourth-order valence-corrected chi connectivity index (χ4v) is 4.59. The van der Waals surface area contributed by atoms with E-state index in [1.807, 2.05) is 30.3 Å². The monoisotopic (exact) mass is 387 g/mol. The molecule has 2 heterocycles. The Balaban J connectivity index is 1.98. The lowest BCUT2D eigenvalue weighted by Crippen LogP contribution is -2.24. The van der Waals surface area contributed by atoms with Crippen molar-refractivity contribution < 1.29 is 12.8 Å². The third-order valence-electron chi connectivity index (χ3n) is 5.09. The molecule has 1 fully saturated rings. The van der Waals surface area contributed by atoms with Crippen molar-refractivity contribution in [1.29, 1.82) is 0 Å². The molecule has 4 rings (SSSR count). The number of aromatic nitrogens is 1. The maximum absolute atomic E-state index is 15.6. The average Bonchev–Trinajstić information content (AvgIpc) is 3.30. The molecule has 0 spiro atoms. The number of aromatic amines is 1. The van der Waals surface area contributed by atoms with Crippen LogP contribution in [-0.4, -0.2) is 44.9 Å². The zero-order chi connectivity index (χ0) is 19.2. The molecule has 0 saturated carbocycles. The molecular weight excluding hydrogens is 365 g/mol. The third-order valence-corrected chi connectivity index (χ3v) is 6.92. The fraction of sp³-hybridized carbons (Fsp3) is 0.300. The Hall–Kier alpha value is -2.38. The standard InChI is InChI=1S/C20H22FN3O2S/c1-23(2)27(25,26)18-10-9-17(24-11-5-6-12-24)19(20(18)21)16-13-14-7-3-4-8-15(14)22-16/h3-4,7-10,13,22H,5-6,11-12H2,1-2H3. The van der Waals surface area contributed by atoms with Crippen LogP contribution in [0.5, 0.6) is 0 Å². The Bertz CT molecular complexity index is 1070. The largest absolute Gasteiger partial charge is 0.371 e. The Morgan fingerprint density at radius 2 is 1.78 bits per heavy atom. The molecule has 1 N–H and O–H groups in total. The Labute approximate surface area is 158 Å². The topological polar surface area (TPSA) is 56.4 Å². The molecule has 0 unspecified atom stereocenters. The summed E-state index contributed by atoms with van der Waals surface area (Å²) in [6.45, 7) is 1.68. The van der Waals surface area contributed by atoms with Crippen molar-refractivity contribution in [2.75, 3.05) is 32.1 Å². The molecule has 0 amide bonds. The Morgan fingerprint density at radius 3 is 2.44 bits per heavy atom. The minimum atomic E-state index is -3.88. The fourth-order valence-electron chi connectivity index (χ4n) is 3.63. The van der Waals surface area contributed by atoms with E-state index in [4.69, 9.17) is 0 Å². The van der Waals surface area contributed by atoms with Gasteiger partial charge in [0.1, 0.15) is 4.90 Å². The van der Waals surface area contributed by atoms with Gasteiger partial charge in [0.2, 0.25) is 10.0 Å². The van der Waals surface area contributed by atoms with Crippen molar-refractivity contribution in [2.45, 2.75) is 17.7 Å². The summed E-state index contributed by atoms with van der Waals surface area (Å²) < 4.78 is 41.8. The van der Waals surface area contributed by atoms with Gasteiger partial charge in [-0.3, -0.25) is 0 Å². The lowest BCUT2D eigenvalue weighted by atomic mass is 10.1. The number of hydrogen-bond acceptors (Lipinski definition) is 3. The minimum Gasteiger partial charge on any atom is -0.371 e. The normalized spacial score (nSPS) is 15.2. The predicted molar refractivity (Wildman–Crippen MR) is 106 cm³/mol. The van der Waals surface area contributed by atoms with E-state index in [9.17, 15) is 8.42 Å². The first kappa shape index (κ1) is 18.0. The van der Waals surface area contributed by atoms with Crippen LogP contribution in [0.2, 0.25) is 0 Å². The Kier molecular flexibility index (Phi) is 4.44. The molecule has 5 nitrogen and oxygen atoms in total. The molecule has 1 aliphatic rings. The molecule has 142 valence electrons. The number of nitrogens with zero attached hydrogens (tertiary/aromatic N) is 2. The summed E-state index contributed by atoms with van der Waals surface area (Å²) in [6.07, 6.45) is 2.09. The summed E-state index contributed by atoms with van der Waals surface area (Å²) in [4.78, 5) is 5.07. The van der Waals surface area contributed by atoms with Gasteiger partial charge in [-0.1, -0.05) is 18.2 Å². The van der Waals surface area contributed by atoms with Crippen LogP contribution >= 0.6 is 0 Å². The second-order valence-corrected chi connectivity index (χ2v) is 9.14. The van der Waals surface area contributed by atoms with Gasteiger partial charge >= 0.3 is 0 Å². The van der Waals surface area contributed by atoms with Gasteiger partial charge in [-0.2, -0.15) is 0 Å². The van der Waals surface area contributed by atoms with Gasteiger partial charge < -0.3 is 9.88 Å². The number of halogens is 1. The van der Waals surface area contributed by atoms with E-state index in [2.05, 4.69) is 9.88 Å². The number of para-hydroxylation sites is 1. The van der Waals surface area contributed by atoms with E-state index in [0.717, 1.165) is 46.8 Å². The number of fused-ring (bicyclic) bond motifs is 1. The smallest absolute Gasteiger partial charge is 0.245 e. The lowest BCUT2D eigenvalue weighted by Gasteiger charge is -2.23. The first-order valence-electron chi connectivity index (χ1n) is 8.97. The van der Waals surface area contributed by atoms with Crippen molar-refractivity contribution in [3.8, 4) is 11.3 Å². The van der Waals surface area contributed by atoms with Gasteiger partial charge in [-0.25, -0.2) is 17.1 Å². The second kappa shape index (κ2) is 6.65. The quantitative estimate of drug-likeness (QED) is 0.740. The molecule has 1 aliphatic heterocycles. The van der Waals surface area contributed by atoms with E-state index in [1.54, 1.807) is 6.07 Å². The highest BCUT2D eigenvalue weighted by molar-refractivity contribution is 7.89. The molecule has 0 atom stereocenters. The van der Waals surface area contributed by atoms with Crippen molar-refractivity contribution in [1.82, 2.24) is 9.29 Å². The van der Waals surface area contributed by atoms with Gasteiger partial charge in [0.25, 0.3) is 0 Å². The summed E-state index contributed by atoms with van der Waals surface area (Å²) in [5, 5.41) is 0.958. The van der Waals surface area contributed by atoms with Crippen LogP contribution in [0, 0.1) is 5.82 Å². The molecular formula is C20H22FN3O2S. The van der Waals surface area contributed by atoms with Crippen LogP contribution in [0.25, 0.3) is 22.2 Å². The molecule has 3 aromatic rings. The van der Waals surface area contributed by atoms with Gasteiger partial charge in [0.15, 0.2) is 5.82 Å². The predicted octanol–water partition coefficient (Wildman–Crippen LogP) is 3.82. The summed E-state index contributed by atoms with van der Waals surface area (Å²) in [5.74, 6) is -0.709. The minimum absolute atomic E-state index is 0.302. The third kappa shape index (κ3) is 3.00. The van der Waals surface area contributed by atoms with E-state index < -0.39 is 15.8 Å². The van der Waals surface area contributed by atoms with Gasteiger partial charge in [-0.05, 0) is 37.1 Å². The number of H-pyrrole nitrogens is 1. The zero-order valence-electron chi connectivity index (χ0n) is 15.4. The SMILES string of the molecule is CN(C)S(=O)(=O)c1ccc(N2CCCC2)c(-c2cc3ccccc3[nH]2)c1F. The summed E-state index contributed by atoms with van der Waals surface area (Å²) in [5.41, 5.74) is 2.52. The van der Waals surface area contributed by atoms with Crippen LogP contribution in [0.3, 0.4) is 0 Å². The van der Waals surface area contributed by atoms with E-state index in [1.165, 1.54) is 20.2 Å². The zero-order valence-corrected chi connectivity index (χ0v) is 16.2. The van der Waals surface area contributed by atoms with E-state index in [0.29, 0.717) is 11.3 Å². The summed E-state index contributed by atoms with van der Waals surface area (Å²) >= 11 is 0. The molecule has 1 saturated heterocycles. The van der Waals surface area contributed by atoms with Crippen LogP contribution in [0.4, 0.5) is 10.1 Å². The Morgan fingerprint density at radius 1 is 1.07 bits per heavy atom. The average molecular weight is 387 g/mol. The molecule has 2 aromatic carbocycles. The molecule has 0 bridgehead atoms. The second-order valence-electron chi connectivity index (χ2n) is 7.02. The lowest BCUT2D eigenvalue weighted by molar-refractivity contribution is 0.508. The molecule has 0 aliphatic carbocycles. The molecule has 7 heteroatoms. The summed E-state index contributed by atoms with van der Waals surface area (Å²) in [6, 6.07) is 12.7. The van der Waals surface area contributed by atoms with Crippen LogP contribution in [-0.2, 0) is 10.0 Å². The number of benzene rings is 2. The van der Waals surface area contributed by atoms with Crippen molar-refractivity contribution in [2.24, 2.45) is 0 Å². The van der Waals surface area contributed by atoms with Crippen LogP contribution in [0.1, 0.15) is 12.8 Å². The van der Waals surface area contributed by atoms with E-state index in [-0.39, 0.29) is 4.90 Å². The molecule has 1 aromatic heterocycles. The van der Waals surface area contributed by atoms with Gasteiger partial charge in [0.05, 0.1) is 11.3 Å². The number of sulfonamides is 1. The number of anilines is 1. The maximum Gasteiger partial charge on any atom is 0.245 e. The first-order chi connectivity index (χ1) is 12.9. The van der Waals surface area contributed by atoms with Gasteiger partial charge in [0, 0.05) is 43.8 Å². The number of nitrogens with one attached hydrogen (secondary N) is 1. The highest BCUT2D eigenvalue weighted by atomic mass is 32.2. The highest BCUT2D eigenvalue weighted by Crippen LogP contribution is 2.39. The van der Waals surface area contributed by atoms with Crippen molar-refractivity contribution >= 4 is 26.6 Å². The molecule has 0 radical (unpaired) electrons. The first-order valence-corrected chi connectivity index (χ1v) is 10.4. The number of rotatable bonds is 4. The number of hydrogen-bond donors (Lipinski definition) is 1. The van der Waals surface area contributed by atoms with E-state index >= 15 is 4.39 Å². The highest BCUT2D eigenvalue weighted by Gasteiger charge is 2.28. The summed E-state index contributed by atoms with van der Waals surface area (Å²) in [7, 11) is -1.07. The van der Waals surface area contributed by atoms with Crippen LogP contribution < -0.4 is 4.90 Å². The molecule has 27 heavy (non-hydrogen) atoms. The van der Waals surface area contributed by atoms with Gasteiger partial charge in [-0.15, -0.1) is 0 Å². The van der Waals surface area contributed by atoms with Crippen molar-refractivity contribution in [3.63, 3.8) is 0 Å². The maximum atomic E-state index is 15.6. The van der Waals surface area contributed by atoms with Crippen LogP contribution in [0.15, 0.2) is 47.4 Å². The van der Waals surface area contributed by atoms with Crippen molar-refractivity contribution in [3.05, 3.63) is 48.3 Å².